The van der Waals surface area contributed by atoms with Gasteiger partial charge in [0.2, 0.25) is 5.91 Å². The van der Waals surface area contributed by atoms with Crippen LogP contribution in [0.2, 0.25) is 0 Å². The molecular weight excluding hydrogens is 254 g/mol. The number of nitrogens with one attached hydrogen (secondary N) is 1. The topological polar surface area (TPSA) is 87.7 Å². The van der Waals surface area contributed by atoms with Crippen molar-refractivity contribution in [2.75, 3.05) is 6.54 Å². The summed E-state index contributed by atoms with van der Waals surface area (Å²) in [5.74, 6) is -1.07. The molecule has 0 aliphatic heterocycles. The van der Waals surface area contributed by atoms with Gasteiger partial charge in [0, 0.05) is 6.54 Å². The SMILES string of the molecule is CCCCCCNC(=O)C(C(N)=NO)c1ccccc1. The standard InChI is InChI=1S/C15H23N3O2/c1-2-3-4-8-11-17-15(19)13(14(16)18-20)12-9-6-5-7-10-12/h5-7,9-10,13,20H,2-4,8,11H2,1H3,(H2,16,18)(H,17,19). The number of carbonyl (C=O) groups is 1. The Morgan fingerprint density at radius 3 is 2.60 bits per heavy atom. The highest BCUT2D eigenvalue weighted by Crippen LogP contribution is 2.16. The van der Waals surface area contributed by atoms with E-state index < -0.39 is 5.92 Å². The summed E-state index contributed by atoms with van der Waals surface area (Å²) in [7, 11) is 0. The van der Waals surface area contributed by atoms with E-state index in [2.05, 4.69) is 17.4 Å². The van der Waals surface area contributed by atoms with Crippen LogP contribution in [0.15, 0.2) is 35.5 Å². The van der Waals surface area contributed by atoms with Crippen molar-refractivity contribution in [3.05, 3.63) is 35.9 Å². The number of benzene rings is 1. The van der Waals surface area contributed by atoms with Gasteiger partial charge in [-0.05, 0) is 12.0 Å². The molecule has 1 amide bonds. The largest absolute Gasteiger partial charge is 0.409 e. The van der Waals surface area contributed by atoms with Crippen LogP contribution in [0.1, 0.15) is 44.1 Å². The minimum absolute atomic E-state index is 0.0951. The molecule has 0 heterocycles. The molecule has 0 aliphatic rings. The smallest absolute Gasteiger partial charge is 0.235 e. The monoisotopic (exact) mass is 277 g/mol. The van der Waals surface area contributed by atoms with Crippen molar-refractivity contribution in [1.29, 1.82) is 0 Å². The average Bonchev–Trinajstić information content (AvgIpc) is 2.48. The molecule has 0 fully saturated rings. The maximum Gasteiger partial charge on any atom is 0.235 e. The molecule has 20 heavy (non-hydrogen) atoms. The van der Waals surface area contributed by atoms with Gasteiger partial charge in [0.1, 0.15) is 5.92 Å². The van der Waals surface area contributed by atoms with Gasteiger partial charge in [-0.1, -0.05) is 61.7 Å². The first-order valence-electron chi connectivity index (χ1n) is 7.00. The molecule has 5 heteroatoms. The van der Waals surface area contributed by atoms with Gasteiger partial charge in [0.15, 0.2) is 5.84 Å². The summed E-state index contributed by atoms with van der Waals surface area (Å²) in [5.41, 5.74) is 6.36. The lowest BCUT2D eigenvalue weighted by atomic mass is 9.97. The number of hydrogen-bond acceptors (Lipinski definition) is 3. The maximum absolute atomic E-state index is 12.2. The van der Waals surface area contributed by atoms with Gasteiger partial charge in [-0.2, -0.15) is 0 Å². The minimum atomic E-state index is -0.743. The van der Waals surface area contributed by atoms with Gasteiger partial charge in [0.25, 0.3) is 0 Å². The van der Waals surface area contributed by atoms with Gasteiger partial charge < -0.3 is 16.3 Å². The third kappa shape index (κ3) is 4.91. The summed E-state index contributed by atoms with van der Waals surface area (Å²) < 4.78 is 0. The van der Waals surface area contributed by atoms with Crippen molar-refractivity contribution in [2.45, 2.75) is 38.5 Å². The fraction of sp³-hybridized carbons (Fsp3) is 0.467. The van der Waals surface area contributed by atoms with Crippen molar-refractivity contribution in [1.82, 2.24) is 5.32 Å². The summed E-state index contributed by atoms with van der Waals surface area (Å²) in [6.45, 7) is 2.75. The van der Waals surface area contributed by atoms with E-state index in [-0.39, 0.29) is 11.7 Å². The second-order valence-electron chi connectivity index (χ2n) is 4.72. The van der Waals surface area contributed by atoms with E-state index in [1.54, 1.807) is 12.1 Å². The van der Waals surface area contributed by atoms with E-state index in [0.717, 1.165) is 25.7 Å². The fourth-order valence-electron chi connectivity index (χ4n) is 2.03. The van der Waals surface area contributed by atoms with Gasteiger partial charge in [0.05, 0.1) is 0 Å². The highest BCUT2D eigenvalue weighted by atomic mass is 16.4. The predicted molar refractivity (Wildman–Crippen MR) is 79.7 cm³/mol. The van der Waals surface area contributed by atoms with Gasteiger partial charge in [-0.15, -0.1) is 0 Å². The second-order valence-corrected chi connectivity index (χ2v) is 4.72. The van der Waals surface area contributed by atoms with Crippen LogP contribution in [0.4, 0.5) is 0 Å². The van der Waals surface area contributed by atoms with E-state index in [1.165, 1.54) is 0 Å². The Labute approximate surface area is 119 Å². The van der Waals surface area contributed by atoms with Gasteiger partial charge in [-0.3, -0.25) is 4.79 Å². The number of nitrogens with zero attached hydrogens (tertiary/aromatic N) is 1. The number of rotatable bonds is 8. The molecule has 5 nitrogen and oxygen atoms in total. The minimum Gasteiger partial charge on any atom is -0.409 e. The lowest BCUT2D eigenvalue weighted by Gasteiger charge is -2.15. The van der Waals surface area contributed by atoms with E-state index in [4.69, 9.17) is 10.9 Å². The number of nitrogens with two attached hydrogens (primary N) is 1. The molecule has 1 aromatic rings. The van der Waals surface area contributed by atoms with E-state index >= 15 is 0 Å². The predicted octanol–water partition coefficient (Wildman–Crippen LogP) is 2.21. The first kappa shape index (κ1) is 16.0. The number of amidine groups is 1. The molecule has 0 bridgehead atoms. The van der Waals surface area contributed by atoms with Gasteiger partial charge >= 0.3 is 0 Å². The van der Waals surface area contributed by atoms with E-state index in [0.29, 0.717) is 12.1 Å². The average molecular weight is 277 g/mol. The Bertz CT molecular complexity index is 432. The highest BCUT2D eigenvalue weighted by Gasteiger charge is 2.24. The van der Waals surface area contributed by atoms with Crippen LogP contribution in [0.5, 0.6) is 0 Å². The molecular formula is C15H23N3O2. The summed E-state index contributed by atoms with van der Waals surface area (Å²) in [4.78, 5) is 12.2. The van der Waals surface area contributed by atoms with Crippen molar-refractivity contribution < 1.29 is 10.0 Å². The summed E-state index contributed by atoms with van der Waals surface area (Å²) in [6, 6.07) is 9.08. The third-order valence-electron chi connectivity index (χ3n) is 3.14. The summed E-state index contributed by atoms with van der Waals surface area (Å²) in [6.07, 6.45) is 4.36. The molecule has 0 saturated heterocycles. The van der Waals surface area contributed by atoms with Gasteiger partial charge in [-0.25, -0.2) is 0 Å². The number of oxime groups is 1. The lowest BCUT2D eigenvalue weighted by Crippen LogP contribution is -2.37. The Balaban J connectivity index is 2.63. The van der Waals surface area contributed by atoms with Crippen LogP contribution in [0.3, 0.4) is 0 Å². The first-order valence-corrected chi connectivity index (χ1v) is 7.00. The van der Waals surface area contributed by atoms with E-state index in [1.807, 2.05) is 18.2 Å². The first-order chi connectivity index (χ1) is 9.70. The normalized spacial score (nSPS) is 12.9. The van der Waals surface area contributed by atoms with E-state index in [9.17, 15) is 4.79 Å². The zero-order valence-electron chi connectivity index (χ0n) is 11.9. The molecule has 1 unspecified atom stereocenters. The van der Waals surface area contributed by atoms with Crippen LogP contribution < -0.4 is 11.1 Å². The van der Waals surface area contributed by atoms with Crippen LogP contribution in [0, 0.1) is 0 Å². The van der Waals surface area contributed by atoms with Crippen molar-refractivity contribution in [2.24, 2.45) is 10.9 Å². The highest BCUT2D eigenvalue weighted by molar-refractivity contribution is 6.07. The van der Waals surface area contributed by atoms with Crippen LogP contribution in [-0.4, -0.2) is 23.5 Å². The number of unbranched alkanes of at least 4 members (excludes halogenated alkanes) is 3. The van der Waals surface area contributed by atoms with Crippen LogP contribution >= 0.6 is 0 Å². The molecule has 4 N–H and O–H groups in total. The molecule has 110 valence electrons. The Morgan fingerprint density at radius 2 is 2.00 bits per heavy atom. The Hall–Kier alpha value is -2.04. The fourth-order valence-corrected chi connectivity index (χ4v) is 2.03. The second kappa shape index (κ2) is 8.96. The number of amides is 1. The van der Waals surface area contributed by atoms with Crippen molar-refractivity contribution in [3.63, 3.8) is 0 Å². The molecule has 0 saturated carbocycles. The maximum atomic E-state index is 12.2. The van der Waals surface area contributed by atoms with Crippen molar-refractivity contribution >= 4 is 11.7 Å². The number of hydrogen-bond donors (Lipinski definition) is 3. The van der Waals surface area contributed by atoms with Crippen LogP contribution in [0.25, 0.3) is 0 Å². The molecule has 0 aromatic heterocycles. The quantitative estimate of drug-likeness (QED) is 0.224. The zero-order valence-corrected chi connectivity index (χ0v) is 11.9. The lowest BCUT2D eigenvalue weighted by molar-refractivity contribution is -0.121. The molecule has 1 aromatic carbocycles. The third-order valence-corrected chi connectivity index (χ3v) is 3.14. The molecule has 0 spiro atoms. The number of carbonyl (C=O) groups excluding carboxylic acids is 1. The Kier molecular flexibility index (Phi) is 7.17. The van der Waals surface area contributed by atoms with Crippen LogP contribution in [-0.2, 0) is 4.79 Å². The molecule has 0 aliphatic carbocycles. The summed E-state index contributed by atoms with van der Waals surface area (Å²) >= 11 is 0. The summed E-state index contributed by atoms with van der Waals surface area (Å²) in [5, 5.41) is 14.7. The molecule has 1 atom stereocenters. The van der Waals surface area contributed by atoms with Crippen molar-refractivity contribution in [3.8, 4) is 0 Å². The molecule has 0 radical (unpaired) electrons. The zero-order chi connectivity index (χ0) is 14.8. The Morgan fingerprint density at radius 1 is 1.30 bits per heavy atom. The molecule has 1 rings (SSSR count).